The topological polar surface area (TPSA) is 77.9 Å². The molecule has 0 heterocycles. The van der Waals surface area contributed by atoms with Crippen LogP contribution in [-0.4, -0.2) is 43.9 Å². The molecule has 0 aromatic heterocycles. The number of anilines is 1. The minimum atomic E-state index is -4.12. The van der Waals surface area contributed by atoms with Crippen molar-refractivity contribution in [3.05, 3.63) is 72.3 Å². The van der Waals surface area contributed by atoms with E-state index in [1.807, 2.05) is 55.4 Å². The molecule has 164 valence electrons. The molecule has 0 saturated heterocycles. The molecule has 1 N–H and O–H groups in total. The quantitative estimate of drug-likeness (QED) is 0.568. The fourth-order valence-electron chi connectivity index (χ4n) is 3.84. The molecular weight excluding hydrogens is 412 g/mol. The van der Waals surface area contributed by atoms with E-state index in [0.29, 0.717) is 5.39 Å². The van der Waals surface area contributed by atoms with E-state index < -0.39 is 28.0 Å². The highest BCUT2D eigenvalue weighted by Gasteiger charge is 2.38. The molecular formula is C24H28N2O4S. The predicted molar refractivity (Wildman–Crippen MR) is 124 cm³/mol. The number of carboxylic acid groups (broad SMARTS) is 1. The van der Waals surface area contributed by atoms with Gasteiger partial charge in [-0.1, -0.05) is 68.4 Å². The zero-order valence-corrected chi connectivity index (χ0v) is 19.0. The van der Waals surface area contributed by atoms with Crippen LogP contribution < -0.4 is 4.90 Å². The highest BCUT2D eigenvalue weighted by molar-refractivity contribution is 7.89. The number of fused-ring (bicyclic) bond motifs is 1. The molecule has 0 spiro atoms. The molecule has 3 aromatic rings. The van der Waals surface area contributed by atoms with E-state index in [0.717, 1.165) is 20.9 Å². The fraction of sp³-hybridized carbons (Fsp3) is 0.292. The smallest absolute Gasteiger partial charge is 0.322 e. The minimum absolute atomic E-state index is 0.0257. The van der Waals surface area contributed by atoms with Crippen LogP contribution in [0.2, 0.25) is 0 Å². The van der Waals surface area contributed by atoms with E-state index in [4.69, 9.17) is 0 Å². The first-order chi connectivity index (χ1) is 14.6. The van der Waals surface area contributed by atoms with Crippen LogP contribution in [0, 0.1) is 5.92 Å². The van der Waals surface area contributed by atoms with Crippen molar-refractivity contribution in [3.8, 4) is 0 Å². The van der Waals surface area contributed by atoms with Gasteiger partial charge in [0.2, 0.25) is 10.0 Å². The summed E-state index contributed by atoms with van der Waals surface area (Å²) in [4.78, 5) is 14.2. The van der Waals surface area contributed by atoms with Gasteiger partial charge < -0.3 is 10.0 Å². The molecule has 0 saturated carbocycles. The van der Waals surface area contributed by atoms with Crippen LogP contribution in [0.3, 0.4) is 0 Å². The Hall–Kier alpha value is -2.90. The molecule has 0 bridgehead atoms. The average molecular weight is 441 g/mol. The predicted octanol–water partition coefficient (Wildman–Crippen LogP) is 4.21. The maximum absolute atomic E-state index is 13.9. The van der Waals surface area contributed by atoms with Gasteiger partial charge in [0.25, 0.3) is 0 Å². The number of hydrogen-bond acceptors (Lipinski definition) is 4. The van der Waals surface area contributed by atoms with Gasteiger partial charge in [-0.05, 0) is 23.6 Å². The van der Waals surface area contributed by atoms with Crippen molar-refractivity contribution >= 4 is 32.5 Å². The Balaban J connectivity index is 2.23. The lowest BCUT2D eigenvalue weighted by Crippen LogP contribution is -2.47. The number of carbonyl (C=O) groups is 1. The van der Waals surface area contributed by atoms with Gasteiger partial charge in [-0.25, -0.2) is 8.42 Å². The molecule has 6 nitrogen and oxygen atoms in total. The molecule has 0 aliphatic heterocycles. The van der Waals surface area contributed by atoms with E-state index in [-0.39, 0.29) is 11.4 Å². The molecule has 0 amide bonds. The molecule has 0 radical (unpaired) electrons. The monoisotopic (exact) mass is 440 g/mol. The van der Waals surface area contributed by atoms with Crippen molar-refractivity contribution in [1.29, 1.82) is 0 Å². The molecule has 0 fully saturated rings. The number of nitrogens with zero attached hydrogens (tertiary/aromatic N) is 2. The summed E-state index contributed by atoms with van der Waals surface area (Å²) in [6, 6.07) is 18.5. The van der Waals surface area contributed by atoms with Crippen molar-refractivity contribution in [2.45, 2.75) is 31.3 Å². The molecule has 0 aliphatic rings. The third-order valence-electron chi connectivity index (χ3n) is 5.30. The second-order valence-corrected chi connectivity index (χ2v) is 9.94. The van der Waals surface area contributed by atoms with Gasteiger partial charge in [-0.2, -0.15) is 4.31 Å². The summed E-state index contributed by atoms with van der Waals surface area (Å²) in [6.45, 7) is 3.42. The first-order valence-electron chi connectivity index (χ1n) is 10.1. The standard InChI is InChI=1S/C24H28N2O4S/c1-17(2)23(24(27)28)26(16-18-10-6-5-7-11-18)31(29,30)22-15-9-12-19-20(22)13-8-14-21(19)25(3)4/h5-15,17,23H,16H2,1-4H3,(H,27,28)/t23-/m0/s1. The van der Waals surface area contributed by atoms with E-state index in [1.54, 1.807) is 44.2 Å². The first kappa shape index (κ1) is 22.8. The Morgan fingerprint density at radius 3 is 2.10 bits per heavy atom. The van der Waals surface area contributed by atoms with Crippen molar-refractivity contribution in [2.75, 3.05) is 19.0 Å². The van der Waals surface area contributed by atoms with E-state index in [9.17, 15) is 18.3 Å². The fourth-order valence-corrected chi connectivity index (χ4v) is 5.75. The molecule has 31 heavy (non-hydrogen) atoms. The van der Waals surface area contributed by atoms with Crippen LogP contribution in [0.25, 0.3) is 10.8 Å². The summed E-state index contributed by atoms with van der Waals surface area (Å²) in [5.74, 6) is -1.58. The third kappa shape index (κ3) is 4.57. The second-order valence-electron chi connectivity index (χ2n) is 8.09. The molecule has 0 aliphatic carbocycles. The van der Waals surface area contributed by atoms with Gasteiger partial charge in [0.05, 0.1) is 4.90 Å². The van der Waals surface area contributed by atoms with Gasteiger partial charge >= 0.3 is 5.97 Å². The van der Waals surface area contributed by atoms with Crippen LogP contribution in [0.5, 0.6) is 0 Å². The number of rotatable bonds is 8. The molecule has 1 atom stereocenters. The Labute approximate surface area is 183 Å². The van der Waals surface area contributed by atoms with Gasteiger partial charge in [-0.15, -0.1) is 0 Å². The molecule has 0 unspecified atom stereocenters. The summed E-state index contributed by atoms with van der Waals surface area (Å²) in [5.41, 5.74) is 1.62. The van der Waals surface area contributed by atoms with Crippen LogP contribution in [0.1, 0.15) is 19.4 Å². The number of carboxylic acids is 1. The highest BCUT2D eigenvalue weighted by Crippen LogP contribution is 2.33. The number of hydrogen-bond donors (Lipinski definition) is 1. The summed E-state index contributed by atoms with van der Waals surface area (Å²) >= 11 is 0. The minimum Gasteiger partial charge on any atom is -0.480 e. The number of benzene rings is 3. The van der Waals surface area contributed by atoms with Crippen LogP contribution in [0.15, 0.2) is 71.6 Å². The van der Waals surface area contributed by atoms with Crippen molar-refractivity contribution < 1.29 is 18.3 Å². The number of sulfonamides is 1. The Morgan fingerprint density at radius 2 is 1.52 bits per heavy atom. The van der Waals surface area contributed by atoms with Crippen molar-refractivity contribution in [3.63, 3.8) is 0 Å². The first-order valence-corrected chi connectivity index (χ1v) is 11.6. The SMILES string of the molecule is CC(C)[C@@H](C(=O)O)N(Cc1ccccc1)S(=O)(=O)c1cccc2c(N(C)C)cccc12. The van der Waals surface area contributed by atoms with Gasteiger partial charge in [0.1, 0.15) is 6.04 Å². The molecule has 7 heteroatoms. The summed E-state index contributed by atoms with van der Waals surface area (Å²) in [6.07, 6.45) is 0. The number of aliphatic carboxylic acids is 1. The highest BCUT2D eigenvalue weighted by atomic mass is 32.2. The lowest BCUT2D eigenvalue weighted by atomic mass is 10.0. The molecule has 3 rings (SSSR count). The van der Waals surface area contributed by atoms with Gasteiger partial charge in [-0.3, -0.25) is 4.79 Å². The maximum Gasteiger partial charge on any atom is 0.322 e. The largest absolute Gasteiger partial charge is 0.480 e. The second kappa shape index (κ2) is 9.08. The van der Waals surface area contributed by atoms with Gasteiger partial charge in [0, 0.05) is 37.1 Å². The van der Waals surface area contributed by atoms with E-state index in [2.05, 4.69) is 0 Å². The summed E-state index contributed by atoms with van der Waals surface area (Å²) in [5, 5.41) is 11.3. The lowest BCUT2D eigenvalue weighted by molar-refractivity contribution is -0.143. The van der Waals surface area contributed by atoms with E-state index >= 15 is 0 Å². The Kier molecular flexibility index (Phi) is 6.67. The summed E-state index contributed by atoms with van der Waals surface area (Å²) < 4.78 is 29.0. The maximum atomic E-state index is 13.9. The van der Waals surface area contributed by atoms with Crippen molar-refractivity contribution in [2.24, 2.45) is 5.92 Å². The zero-order valence-electron chi connectivity index (χ0n) is 18.2. The van der Waals surface area contributed by atoms with Crippen molar-refractivity contribution in [1.82, 2.24) is 4.31 Å². The van der Waals surface area contributed by atoms with Crippen LogP contribution in [-0.2, 0) is 21.4 Å². The van der Waals surface area contributed by atoms with Crippen LogP contribution in [0.4, 0.5) is 5.69 Å². The van der Waals surface area contributed by atoms with Gasteiger partial charge in [0.15, 0.2) is 0 Å². The Morgan fingerprint density at radius 1 is 0.903 bits per heavy atom. The zero-order chi connectivity index (χ0) is 22.8. The third-order valence-corrected chi connectivity index (χ3v) is 7.19. The van der Waals surface area contributed by atoms with E-state index in [1.165, 1.54) is 0 Å². The molecule has 3 aromatic carbocycles. The average Bonchev–Trinajstić information content (AvgIpc) is 2.72. The lowest BCUT2D eigenvalue weighted by Gasteiger charge is -2.31. The Bertz CT molecular complexity index is 1170. The van der Waals surface area contributed by atoms with Crippen LogP contribution >= 0.6 is 0 Å². The normalized spacial score (nSPS) is 13.0. The summed E-state index contributed by atoms with van der Waals surface area (Å²) in [7, 11) is -0.324.